The minimum atomic E-state index is -4.59. The minimum Gasteiger partial charge on any atom is -0.393 e. The smallest absolute Gasteiger partial charge is 0.393 e. The summed E-state index contributed by atoms with van der Waals surface area (Å²) in [5.74, 6) is 0.0665. The summed E-state index contributed by atoms with van der Waals surface area (Å²) in [4.78, 5) is 7.99. The Morgan fingerprint density at radius 2 is 1.68 bits per heavy atom. The van der Waals surface area contributed by atoms with E-state index in [9.17, 15) is 17.6 Å². The van der Waals surface area contributed by atoms with Gasteiger partial charge in [-0.3, -0.25) is 0 Å². The second kappa shape index (κ2) is 7.89. The van der Waals surface area contributed by atoms with Crippen molar-refractivity contribution in [3.8, 4) is 0 Å². The number of aromatic nitrogens is 2. The summed E-state index contributed by atoms with van der Waals surface area (Å²) in [6.07, 6.45) is -3.37. The molecule has 2 aromatic carbocycles. The third-order valence-corrected chi connectivity index (χ3v) is 4.12. The molecule has 0 aliphatic carbocycles. The molecule has 0 aliphatic heterocycles. The van der Waals surface area contributed by atoms with Gasteiger partial charge in [0.05, 0.1) is 10.6 Å². The number of hydrogen-bond donors (Lipinski definition) is 3. The first kappa shape index (κ1) is 19.7. The number of nitrogens with two attached hydrogens (primary N) is 1. The number of nitrogens with one attached hydrogen (secondary N) is 2. The second-order valence-electron chi connectivity index (χ2n) is 5.78. The fourth-order valence-electron chi connectivity index (χ4n) is 2.38. The Kier molecular flexibility index (Phi) is 5.55. The van der Waals surface area contributed by atoms with E-state index in [4.69, 9.17) is 17.3 Å². The molecule has 0 amide bonds. The van der Waals surface area contributed by atoms with Crippen molar-refractivity contribution in [3.05, 3.63) is 70.8 Å². The highest BCUT2D eigenvalue weighted by molar-refractivity contribution is 6.31. The van der Waals surface area contributed by atoms with Gasteiger partial charge in [0.25, 0.3) is 0 Å². The Morgan fingerprint density at radius 3 is 2.36 bits per heavy atom. The van der Waals surface area contributed by atoms with Gasteiger partial charge >= 0.3 is 6.18 Å². The van der Waals surface area contributed by atoms with Gasteiger partial charge in [0.1, 0.15) is 17.8 Å². The van der Waals surface area contributed by atoms with Gasteiger partial charge in [0.15, 0.2) is 11.6 Å². The molecule has 5 nitrogen and oxygen atoms in total. The molecule has 3 aromatic rings. The Morgan fingerprint density at radius 1 is 1.00 bits per heavy atom. The lowest BCUT2D eigenvalue weighted by Gasteiger charge is -2.14. The average molecular weight is 412 g/mol. The second-order valence-corrected chi connectivity index (χ2v) is 6.19. The topological polar surface area (TPSA) is 75.9 Å². The van der Waals surface area contributed by atoms with Crippen LogP contribution < -0.4 is 16.4 Å². The molecule has 28 heavy (non-hydrogen) atoms. The number of rotatable bonds is 5. The van der Waals surface area contributed by atoms with Crippen LogP contribution in [-0.2, 0) is 12.7 Å². The monoisotopic (exact) mass is 411 g/mol. The van der Waals surface area contributed by atoms with Gasteiger partial charge in [-0.15, -0.1) is 0 Å². The lowest BCUT2D eigenvalue weighted by atomic mass is 10.2. The third kappa shape index (κ3) is 4.61. The maximum atomic E-state index is 13.0. The van der Waals surface area contributed by atoms with E-state index in [2.05, 4.69) is 20.6 Å². The van der Waals surface area contributed by atoms with Crippen molar-refractivity contribution in [1.82, 2.24) is 9.97 Å². The maximum Gasteiger partial charge on any atom is 0.417 e. The highest BCUT2D eigenvalue weighted by Crippen LogP contribution is 2.37. The van der Waals surface area contributed by atoms with Crippen LogP contribution in [0.2, 0.25) is 5.02 Å². The number of nitrogen functional groups attached to an aromatic ring is 1. The number of halogens is 5. The van der Waals surface area contributed by atoms with Crippen LogP contribution in [0.1, 0.15) is 11.1 Å². The van der Waals surface area contributed by atoms with Gasteiger partial charge in [-0.2, -0.15) is 13.2 Å². The van der Waals surface area contributed by atoms with Gasteiger partial charge in [-0.25, -0.2) is 14.4 Å². The summed E-state index contributed by atoms with van der Waals surface area (Å²) < 4.78 is 52.0. The summed E-state index contributed by atoms with van der Waals surface area (Å²) >= 11 is 5.62. The van der Waals surface area contributed by atoms with E-state index in [-0.39, 0.29) is 28.8 Å². The molecule has 146 valence electrons. The number of nitrogens with zero attached hydrogens (tertiary/aromatic N) is 2. The molecule has 0 saturated heterocycles. The van der Waals surface area contributed by atoms with Crippen LogP contribution in [0.15, 0.2) is 48.8 Å². The first-order valence-corrected chi connectivity index (χ1v) is 8.34. The summed E-state index contributed by atoms with van der Waals surface area (Å²) in [7, 11) is 0. The van der Waals surface area contributed by atoms with E-state index >= 15 is 0 Å². The highest BCUT2D eigenvalue weighted by atomic mass is 35.5. The lowest BCUT2D eigenvalue weighted by Crippen LogP contribution is -2.09. The third-order valence-electron chi connectivity index (χ3n) is 3.79. The van der Waals surface area contributed by atoms with Crippen molar-refractivity contribution < 1.29 is 17.6 Å². The van der Waals surface area contributed by atoms with Crippen molar-refractivity contribution >= 4 is 34.6 Å². The molecule has 1 aromatic heterocycles. The zero-order valence-electron chi connectivity index (χ0n) is 14.2. The van der Waals surface area contributed by atoms with E-state index in [0.29, 0.717) is 6.54 Å². The van der Waals surface area contributed by atoms with Crippen LogP contribution in [-0.4, -0.2) is 9.97 Å². The fraction of sp³-hybridized carbons (Fsp3) is 0.111. The minimum absolute atomic E-state index is 0.117. The van der Waals surface area contributed by atoms with Crippen molar-refractivity contribution in [3.63, 3.8) is 0 Å². The van der Waals surface area contributed by atoms with Gasteiger partial charge in [-0.1, -0.05) is 23.7 Å². The summed E-state index contributed by atoms with van der Waals surface area (Å²) in [6, 6.07) is 9.24. The zero-order chi connectivity index (χ0) is 20.3. The molecule has 10 heteroatoms. The Bertz CT molecular complexity index is 977. The Labute approximate surface area is 162 Å². The van der Waals surface area contributed by atoms with Crippen LogP contribution >= 0.6 is 11.6 Å². The SMILES string of the molecule is Nc1c(NCc2ccc(F)cc2)ncnc1Nc1ccc(Cl)c(C(F)(F)F)c1. The van der Waals surface area contributed by atoms with Gasteiger partial charge in [0, 0.05) is 12.2 Å². The molecular formula is C18H14ClF4N5. The zero-order valence-corrected chi connectivity index (χ0v) is 14.9. The van der Waals surface area contributed by atoms with E-state index in [1.807, 2.05) is 0 Å². The summed E-state index contributed by atoms with van der Waals surface area (Å²) in [5, 5.41) is 5.31. The predicted octanol–water partition coefficient (Wildman–Crippen LogP) is 5.23. The summed E-state index contributed by atoms with van der Waals surface area (Å²) in [5.41, 5.74) is 6.07. The Balaban J connectivity index is 1.78. The normalized spacial score (nSPS) is 11.3. The lowest BCUT2D eigenvalue weighted by molar-refractivity contribution is -0.137. The average Bonchev–Trinajstić information content (AvgIpc) is 2.64. The molecule has 0 fully saturated rings. The van der Waals surface area contributed by atoms with E-state index < -0.39 is 16.8 Å². The molecule has 0 aliphatic rings. The van der Waals surface area contributed by atoms with Gasteiger partial charge in [0.2, 0.25) is 0 Å². The summed E-state index contributed by atoms with van der Waals surface area (Å²) in [6.45, 7) is 0.320. The quantitative estimate of drug-likeness (QED) is 0.501. The van der Waals surface area contributed by atoms with E-state index in [1.165, 1.54) is 24.5 Å². The first-order chi connectivity index (χ1) is 13.2. The molecule has 1 heterocycles. The molecule has 3 rings (SSSR count). The number of hydrogen-bond acceptors (Lipinski definition) is 5. The van der Waals surface area contributed by atoms with Crippen LogP contribution in [0.3, 0.4) is 0 Å². The maximum absolute atomic E-state index is 13.0. The number of alkyl halides is 3. The van der Waals surface area contributed by atoms with Crippen LogP contribution in [0.4, 0.5) is 40.6 Å². The van der Waals surface area contributed by atoms with Crippen LogP contribution in [0.25, 0.3) is 0 Å². The van der Waals surface area contributed by atoms with E-state index in [0.717, 1.165) is 17.7 Å². The predicted molar refractivity (Wildman–Crippen MR) is 99.9 cm³/mol. The van der Waals surface area contributed by atoms with Crippen molar-refractivity contribution in [2.24, 2.45) is 0 Å². The molecule has 0 radical (unpaired) electrons. The number of benzene rings is 2. The van der Waals surface area contributed by atoms with Crippen molar-refractivity contribution in [2.45, 2.75) is 12.7 Å². The van der Waals surface area contributed by atoms with E-state index in [1.54, 1.807) is 12.1 Å². The molecule has 0 atom stereocenters. The fourth-order valence-corrected chi connectivity index (χ4v) is 2.61. The molecule has 0 spiro atoms. The van der Waals surface area contributed by atoms with Gasteiger partial charge in [-0.05, 0) is 35.9 Å². The molecule has 4 N–H and O–H groups in total. The molecular weight excluding hydrogens is 398 g/mol. The van der Waals surface area contributed by atoms with Crippen LogP contribution in [0.5, 0.6) is 0 Å². The molecule has 0 saturated carbocycles. The van der Waals surface area contributed by atoms with Gasteiger partial charge < -0.3 is 16.4 Å². The van der Waals surface area contributed by atoms with Crippen molar-refractivity contribution in [1.29, 1.82) is 0 Å². The molecule has 0 unspecified atom stereocenters. The first-order valence-electron chi connectivity index (χ1n) is 7.96. The highest BCUT2D eigenvalue weighted by Gasteiger charge is 2.33. The van der Waals surface area contributed by atoms with Crippen molar-refractivity contribution in [2.75, 3.05) is 16.4 Å². The number of anilines is 4. The molecule has 0 bridgehead atoms. The van der Waals surface area contributed by atoms with Crippen LogP contribution in [0, 0.1) is 5.82 Å². The standard InChI is InChI=1S/C18H14ClF4N5/c19-14-6-5-12(7-13(14)18(21,22)23)28-17-15(24)16(26-9-27-17)25-8-10-1-3-11(20)4-2-10/h1-7,9H,8,24H2,(H2,25,26,27,28). The largest absolute Gasteiger partial charge is 0.417 e. The Hall–Kier alpha value is -3.07.